The first-order valence-electron chi connectivity index (χ1n) is 11.0. The molecule has 2 aromatic heterocycles. The molecule has 1 N–H and O–H groups in total. The van der Waals surface area contributed by atoms with Gasteiger partial charge in [-0.05, 0) is 31.2 Å². The van der Waals surface area contributed by atoms with Crippen LogP contribution in [0.15, 0.2) is 48.1 Å². The van der Waals surface area contributed by atoms with Crippen LogP contribution in [0.5, 0.6) is 0 Å². The van der Waals surface area contributed by atoms with Gasteiger partial charge in [-0.2, -0.15) is 13.2 Å². The van der Waals surface area contributed by atoms with Crippen LogP contribution in [0.25, 0.3) is 10.6 Å². The van der Waals surface area contributed by atoms with Crippen molar-refractivity contribution < 1.29 is 18.0 Å². The first-order chi connectivity index (χ1) is 16.4. The van der Waals surface area contributed by atoms with E-state index in [9.17, 15) is 18.0 Å². The van der Waals surface area contributed by atoms with Crippen molar-refractivity contribution in [3.05, 3.63) is 59.4 Å². The fourth-order valence-corrected chi connectivity index (χ4v) is 4.53. The number of alkyl halides is 3. The third-order valence-corrected chi connectivity index (χ3v) is 6.47. The average molecular weight is 491 g/mol. The van der Waals surface area contributed by atoms with Gasteiger partial charge in [0.1, 0.15) is 5.01 Å². The molecule has 1 aliphatic rings. The molecule has 7 nitrogen and oxygen atoms in total. The first-order valence-corrected chi connectivity index (χ1v) is 11.9. The van der Waals surface area contributed by atoms with Gasteiger partial charge in [0.2, 0.25) is 11.9 Å². The molecule has 11 heteroatoms. The van der Waals surface area contributed by atoms with E-state index in [-0.39, 0.29) is 12.3 Å². The zero-order valence-corrected chi connectivity index (χ0v) is 19.3. The maximum absolute atomic E-state index is 12.7. The topological polar surface area (TPSA) is 74.2 Å². The molecule has 0 radical (unpaired) electrons. The molecule has 0 spiro atoms. The van der Waals surface area contributed by atoms with Gasteiger partial charge in [-0.3, -0.25) is 9.69 Å². The average Bonchev–Trinajstić information content (AvgIpc) is 3.31. The lowest BCUT2D eigenvalue weighted by Gasteiger charge is -2.34. The molecule has 1 fully saturated rings. The van der Waals surface area contributed by atoms with E-state index in [1.54, 1.807) is 23.8 Å². The molecular weight excluding hydrogens is 465 g/mol. The molecule has 0 saturated carbocycles. The number of carbonyl (C=O) groups is 1. The number of benzene rings is 1. The molecule has 3 aromatic rings. The van der Waals surface area contributed by atoms with Crippen LogP contribution >= 0.6 is 11.3 Å². The molecule has 0 bridgehead atoms. The summed E-state index contributed by atoms with van der Waals surface area (Å²) in [5, 5.41) is 5.28. The van der Waals surface area contributed by atoms with E-state index in [0.29, 0.717) is 22.8 Å². The second-order valence-corrected chi connectivity index (χ2v) is 8.83. The van der Waals surface area contributed by atoms with E-state index >= 15 is 0 Å². The molecule has 180 valence electrons. The van der Waals surface area contributed by atoms with Gasteiger partial charge in [0.25, 0.3) is 0 Å². The highest BCUT2D eigenvalue weighted by atomic mass is 32.1. The Morgan fingerprint density at radius 3 is 2.44 bits per heavy atom. The molecule has 0 atom stereocenters. The Hall–Kier alpha value is -3.05. The Balaban J connectivity index is 1.15. The van der Waals surface area contributed by atoms with E-state index in [1.807, 2.05) is 0 Å². The lowest BCUT2D eigenvalue weighted by Crippen LogP contribution is -2.47. The third kappa shape index (κ3) is 6.51. The number of amides is 1. The largest absolute Gasteiger partial charge is 0.416 e. The molecular formula is C23H25F3N6OS. The highest BCUT2D eigenvalue weighted by molar-refractivity contribution is 7.13. The molecule has 1 aliphatic heterocycles. The van der Waals surface area contributed by atoms with E-state index < -0.39 is 11.7 Å². The Labute approximate surface area is 199 Å². The van der Waals surface area contributed by atoms with E-state index in [1.165, 1.54) is 23.5 Å². The summed E-state index contributed by atoms with van der Waals surface area (Å²) in [4.78, 5) is 29.8. The van der Waals surface area contributed by atoms with Crippen LogP contribution in [0.4, 0.5) is 19.1 Å². The van der Waals surface area contributed by atoms with Crippen molar-refractivity contribution in [3.8, 4) is 10.6 Å². The van der Waals surface area contributed by atoms with Crippen molar-refractivity contribution in [2.24, 2.45) is 0 Å². The van der Waals surface area contributed by atoms with Gasteiger partial charge in [0.15, 0.2) is 0 Å². The van der Waals surface area contributed by atoms with Crippen molar-refractivity contribution in [1.82, 2.24) is 25.2 Å². The second kappa shape index (κ2) is 10.9. The highest BCUT2D eigenvalue weighted by Gasteiger charge is 2.30. The van der Waals surface area contributed by atoms with Crippen LogP contribution in [0, 0.1) is 0 Å². The van der Waals surface area contributed by atoms with Gasteiger partial charge in [0, 0.05) is 56.1 Å². The third-order valence-electron chi connectivity index (χ3n) is 5.53. The van der Waals surface area contributed by atoms with Crippen molar-refractivity contribution in [3.63, 3.8) is 0 Å². The van der Waals surface area contributed by atoms with Crippen molar-refractivity contribution >= 4 is 23.2 Å². The van der Waals surface area contributed by atoms with Crippen LogP contribution in [0.3, 0.4) is 0 Å². The number of hydrogen-bond donors (Lipinski definition) is 1. The minimum atomic E-state index is -4.36. The van der Waals surface area contributed by atoms with Crippen molar-refractivity contribution in [2.45, 2.75) is 19.0 Å². The molecule has 1 aromatic carbocycles. The van der Waals surface area contributed by atoms with E-state index in [0.717, 1.165) is 57.2 Å². The maximum Gasteiger partial charge on any atom is 0.416 e. The summed E-state index contributed by atoms with van der Waals surface area (Å²) in [5.41, 5.74) is 0.514. The zero-order chi connectivity index (χ0) is 24.0. The van der Waals surface area contributed by atoms with Gasteiger partial charge >= 0.3 is 6.18 Å². The van der Waals surface area contributed by atoms with Crippen LogP contribution < -0.4 is 10.2 Å². The summed E-state index contributed by atoms with van der Waals surface area (Å²) in [6, 6.07) is 6.69. The minimum Gasteiger partial charge on any atom is -0.356 e. The predicted octanol–water partition coefficient (Wildman–Crippen LogP) is 3.49. The Morgan fingerprint density at radius 2 is 1.76 bits per heavy atom. The number of nitrogens with zero attached hydrogens (tertiary/aromatic N) is 5. The molecule has 0 aliphatic carbocycles. The summed E-state index contributed by atoms with van der Waals surface area (Å²) in [7, 11) is 0. The summed E-state index contributed by atoms with van der Waals surface area (Å²) in [5.74, 6) is 0.647. The standard InChI is InChI=1S/C23H25F3N6OS/c24-23(25,26)18-5-3-17(4-6-18)21-30-19(16-34-21)15-20(33)27-9-2-10-31-11-13-32(14-12-31)22-28-7-1-8-29-22/h1,3-8,16H,2,9-15H2,(H,27,33). The highest BCUT2D eigenvalue weighted by Crippen LogP contribution is 2.31. The Morgan fingerprint density at radius 1 is 1.06 bits per heavy atom. The fraction of sp³-hybridized carbons (Fsp3) is 0.391. The number of anilines is 1. The monoisotopic (exact) mass is 490 g/mol. The van der Waals surface area contributed by atoms with Crippen LogP contribution in [0.2, 0.25) is 0 Å². The minimum absolute atomic E-state index is 0.115. The zero-order valence-electron chi connectivity index (χ0n) is 18.5. The molecule has 4 rings (SSSR count). The number of hydrogen-bond acceptors (Lipinski definition) is 7. The molecule has 1 saturated heterocycles. The van der Waals surface area contributed by atoms with E-state index in [2.05, 4.69) is 30.1 Å². The first kappa shape index (κ1) is 24.1. The van der Waals surface area contributed by atoms with Gasteiger partial charge in [-0.15, -0.1) is 11.3 Å². The number of piperazine rings is 1. The molecule has 1 amide bonds. The molecule has 34 heavy (non-hydrogen) atoms. The normalized spacial score (nSPS) is 14.9. The number of thiazole rings is 1. The Kier molecular flexibility index (Phi) is 7.73. The quantitative estimate of drug-likeness (QED) is 0.488. The SMILES string of the molecule is O=C(Cc1csc(-c2ccc(C(F)(F)F)cc2)n1)NCCCN1CCN(c2ncccn2)CC1. The fourth-order valence-electron chi connectivity index (χ4n) is 3.71. The van der Waals surface area contributed by atoms with Gasteiger partial charge in [-0.25, -0.2) is 15.0 Å². The number of rotatable bonds is 8. The summed E-state index contributed by atoms with van der Waals surface area (Å²) in [6.45, 7) is 5.09. The summed E-state index contributed by atoms with van der Waals surface area (Å²) >= 11 is 1.31. The smallest absolute Gasteiger partial charge is 0.356 e. The van der Waals surface area contributed by atoms with Crippen molar-refractivity contribution in [2.75, 3.05) is 44.2 Å². The molecule has 3 heterocycles. The lowest BCUT2D eigenvalue weighted by molar-refractivity contribution is -0.137. The maximum atomic E-state index is 12.7. The number of aromatic nitrogens is 3. The van der Waals surface area contributed by atoms with E-state index in [4.69, 9.17) is 0 Å². The Bertz CT molecular complexity index is 1070. The number of halogens is 3. The predicted molar refractivity (Wildman–Crippen MR) is 125 cm³/mol. The van der Waals surface area contributed by atoms with Crippen LogP contribution in [-0.2, 0) is 17.4 Å². The van der Waals surface area contributed by atoms with Crippen molar-refractivity contribution in [1.29, 1.82) is 0 Å². The molecule has 0 unspecified atom stereocenters. The summed E-state index contributed by atoms with van der Waals surface area (Å²) in [6.07, 6.45) is 0.127. The van der Waals surface area contributed by atoms with Crippen LogP contribution in [-0.4, -0.2) is 65.0 Å². The number of nitrogens with one attached hydrogen (secondary N) is 1. The lowest BCUT2D eigenvalue weighted by atomic mass is 10.1. The second-order valence-electron chi connectivity index (χ2n) is 7.98. The summed E-state index contributed by atoms with van der Waals surface area (Å²) < 4.78 is 38.1. The van der Waals surface area contributed by atoms with Gasteiger partial charge in [-0.1, -0.05) is 12.1 Å². The van der Waals surface area contributed by atoms with Gasteiger partial charge in [0.05, 0.1) is 17.7 Å². The van der Waals surface area contributed by atoms with Gasteiger partial charge < -0.3 is 10.2 Å². The van der Waals surface area contributed by atoms with Crippen LogP contribution in [0.1, 0.15) is 17.7 Å². The number of carbonyl (C=O) groups excluding carboxylic acids is 1.